The van der Waals surface area contributed by atoms with Crippen molar-refractivity contribution in [1.29, 1.82) is 0 Å². The fraction of sp³-hybridized carbons (Fsp3) is 0.593. The van der Waals surface area contributed by atoms with E-state index in [1.807, 2.05) is 13.8 Å². The van der Waals surface area contributed by atoms with Crippen molar-refractivity contribution in [3.63, 3.8) is 0 Å². The van der Waals surface area contributed by atoms with Gasteiger partial charge in [-0.2, -0.15) is 0 Å². The molecule has 0 atom stereocenters. The number of aromatic nitrogens is 1. The minimum absolute atomic E-state index is 0.460. The van der Waals surface area contributed by atoms with Gasteiger partial charge in [0.1, 0.15) is 5.75 Å². The summed E-state index contributed by atoms with van der Waals surface area (Å²) in [6, 6.07) is 5.11. The summed E-state index contributed by atoms with van der Waals surface area (Å²) in [5.41, 5.74) is 0.632. The van der Waals surface area contributed by atoms with E-state index in [9.17, 15) is 9.59 Å². The van der Waals surface area contributed by atoms with Crippen molar-refractivity contribution in [3.8, 4) is 17.1 Å². The Labute approximate surface area is 213 Å². The third-order valence-electron chi connectivity index (χ3n) is 7.14. The Bertz CT molecular complexity index is 1010. The largest absolute Gasteiger partial charge is 0.496 e. The first kappa shape index (κ1) is 26.2. The Morgan fingerprint density at radius 2 is 1.81 bits per heavy atom. The molecule has 1 saturated heterocycles. The molecule has 2 aromatic rings. The molecule has 2 amide bonds. The van der Waals surface area contributed by atoms with Crippen molar-refractivity contribution in [1.82, 2.24) is 20.1 Å². The molecule has 1 aliphatic carbocycles. The Hall–Kier alpha value is -2.91. The van der Waals surface area contributed by atoms with Crippen molar-refractivity contribution >= 4 is 17.5 Å². The minimum Gasteiger partial charge on any atom is -0.496 e. The Kier molecular flexibility index (Phi) is 8.64. The first-order valence-electron chi connectivity index (χ1n) is 13.0. The second-order valence-corrected chi connectivity index (χ2v) is 10.7. The minimum atomic E-state index is -0.713. The summed E-state index contributed by atoms with van der Waals surface area (Å²) >= 11 is 0. The molecule has 2 heterocycles. The summed E-state index contributed by atoms with van der Waals surface area (Å²) in [6.07, 6.45) is 9.84. The van der Waals surface area contributed by atoms with E-state index in [1.54, 1.807) is 24.4 Å². The van der Waals surface area contributed by atoms with Crippen molar-refractivity contribution < 1.29 is 18.7 Å². The van der Waals surface area contributed by atoms with E-state index in [-0.39, 0.29) is 0 Å². The first-order valence-corrected chi connectivity index (χ1v) is 13.0. The highest BCUT2D eigenvalue weighted by Gasteiger charge is 2.29. The van der Waals surface area contributed by atoms with Gasteiger partial charge in [0, 0.05) is 56.6 Å². The average Bonchev–Trinajstić information content (AvgIpc) is 3.40. The molecule has 1 aliphatic heterocycles. The van der Waals surface area contributed by atoms with Crippen molar-refractivity contribution in [2.45, 2.75) is 51.5 Å². The van der Waals surface area contributed by atoms with Crippen molar-refractivity contribution in [2.75, 3.05) is 51.7 Å². The summed E-state index contributed by atoms with van der Waals surface area (Å²) < 4.78 is 10.7. The lowest BCUT2D eigenvalue weighted by Crippen LogP contribution is -2.57. The van der Waals surface area contributed by atoms with Crippen LogP contribution < -0.4 is 15.4 Å². The monoisotopic (exact) mass is 497 g/mol. The lowest BCUT2D eigenvalue weighted by molar-refractivity contribution is -0.137. The molecule has 1 saturated carbocycles. The van der Waals surface area contributed by atoms with E-state index in [4.69, 9.17) is 9.15 Å². The lowest BCUT2D eigenvalue weighted by atomic mass is 9.89. The summed E-state index contributed by atoms with van der Waals surface area (Å²) in [7, 11) is 1.53. The molecule has 0 bridgehead atoms. The summed E-state index contributed by atoms with van der Waals surface area (Å²) in [5.74, 6) is 0.550. The lowest BCUT2D eigenvalue weighted by Gasteiger charge is -2.40. The number of amides is 2. The van der Waals surface area contributed by atoms with Crippen LogP contribution in [0.2, 0.25) is 0 Å². The van der Waals surface area contributed by atoms with Crippen LogP contribution in [0.3, 0.4) is 0 Å². The van der Waals surface area contributed by atoms with E-state index in [1.165, 1.54) is 52.2 Å². The third kappa shape index (κ3) is 7.07. The first-order chi connectivity index (χ1) is 17.3. The number of hydrogen-bond acceptors (Lipinski definition) is 7. The van der Waals surface area contributed by atoms with Gasteiger partial charge in [0.15, 0.2) is 12.2 Å². The molecule has 1 aromatic carbocycles. The number of hydrogen-bond donors (Lipinski definition) is 2. The predicted molar refractivity (Wildman–Crippen MR) is 139 cm³/mol. The summed E-state index contributed by atoms with van der Waals surface area (Å²) in [4.78, 5) is 34.2. The third-order valence-corrected chi connectivity index (χ3v) is 7.14. The topological polar surface area (TPSA) is 99.9 Å². The molecule has 0 unspecified atom stereocenters. The number of oxazole rings is 1. The zero-order valence-electron chi connectivity index (χ0n) is 21.7. The van der Waals surface area contributed by atoms with E-state index < -0.39 is 17.4 Å². The number of methoxy groups -OCH3 is 1. The van der Waals surface area contributed by atoms with Gasteiger partial charge in [0.2, 0.25) is 0 Å². The maximum atomic E-state index is 12.7. The summed E-state index contributed by atoms with van der Waals surface area (Å²) in [5, 5.41) is 5.56. The second-order valence-electron chi connectivity index (χ2n) is 10.7. The van der Waals surface area contributed by atoms with E-state index in [0.29, 0.717) is 29.3 Å². The molecule has 2 aliphatic rings. The molecule has 0 spiro atoms. The molecule has 1 aromatic heterocycles. The Morgan fingerprint density at radius 1 is 1.08 bits per heavy atom. The number of carbonyl (C=O) groups is 2. The fourth-order valence-electron chi connectivity index (χ4n) is 5.34. The molecule has 2 fully saturated rings. The maximum absolute atomic E-state index is 12.7. The van der Waals surface area contributed by atoms with Crippen LogP contribution in [-0.2, 0) is 9.59 Å². The molecular weight excluding hydrogens is 458 g/mol. The van der Waals surface area contributed by atoms with Crippen LogP contribution in [0, 0.1) is 5.92 Å². The van der Waals surface area contributed by atoms with Crippen LogP contribution in [0.5, 0.6) is 5.75 Å². The Balaban J connectivity index is 1.24. The number of carbonyl (C=O) groups excluding carboxylic acids is 2. The second kappa shape index (κ2) is 11.9. The van der Waals surface area contributed by atoms with Crippen molar-refractivity contribution in [2.24, 2.45) is 5.92 Å². The summed E-state index contributed by atoms with van der Waals surface area (Å²) in [6.45, 7) is 9.93. The highest BCUT2D eigenvalue weighted by atomic mass is 16.5. The molecule has 0 radical (unpaired) electrons. The SMILES string of the molecule is COc1cc(NC(=O)C(=O)NC(C)(C)CN2CCN(CC3CCCCC3)CC2)ccc1-c1cnco1. The smallest absolute Gasteiger partial charge is 0.313 e. The molecule has 9 nitrogen and oxygen atoms in total. The molecule has 4 rings (SSSR count). The van der Waals surface area contributed by atoms with Gasteiger partial charge in [0.05, 0.1) is 18.9 Å². The van der Waals surface area contributed by atoms with Gasteiger partial charge >= 0.3 is 11.8 Å². The fourth-order valence-corrected chi connectivity index (χ4v) is 5.34. The van der Waals surface area contributed by atoms with Crippen LogP contribution in [0.15, 0.2) is 35.2 Å². The zero-order valence-corrected chi connectivity index (χ0v) is 21.7. The average molecular weight is 498 g/mol. The molecule has 2 N–H and O–H groups in total. The normalized spacial score (nSPS) is 18.1. The number of nitrogens with zero attached hydrogens (tertiary/aromatic N) is 3. The van der Waals surface area contributed by atoms with Crippen LogP contribution >= 0.6 is 0 Å². The zero-order chi connectivity index (χ0) is 25.5. The maximum Gasteiger partial charge on any atom is 0.313 e. The van der Waals surface area contributed by atoms with Gasteiger partial charge in [-0.05, 0) is 44.7 Å². The quantitative estimate of drug-likeness (QED) is 0.540. The van der Waals surface area contributed by atoms with Gasteiger partial charge in [-0.15, -0.1) is 0 Å². The highest BCUT2D eigenvalue weighted by Crippen LogP contribution is 2.32. The molecule has 196 valence electrons. The standard InChI is InChI=1S/C27H39N5O4/c1-27(2,18-32-13-11-31(12-14-32)17-20-7-5-4-6-8-20)30-26(34)25(33)29-21-9-10-22(23(15-21)35-3)24-16-28-19-36-24/h9-10,15-16,19-20H,4-8,11-14,17-18H2,1-3H3,(H,29,33)(H,30,34). The van der Waals surface area contributed by atoms with Crippen LogP contribution in [-0.4, -0.2) is 78.5 Å². The van der Waals surface area contributed by atoms with E-state index in [0.717, 1.165) is 32.1 Å². The number of ether oxygens (including phenoxy) is 1. The predicted octanol–water partition coefficient (Wildman–Crippen LogP) is 3.38. The number of rotatable bonds is 8. The van der Waals surface area contributed by atoms with Gasteiger partial charge in [-0.3, -0.25) is 14.5 Å². The van der Waals surface area contributed by atoms with E-state index >= 15 is 0 Å². The van der Waals surface area contributed by atoms with Crippen molar-refractivity contribution in [3.05, 3.63) is 30.8 Å². The van der Waals surface area contributed by atoms with Gasteiger partial charge in [-0.25, -0.2) is 4.98 Å². The molecule has 36 heavy (non-hydrogen) atoms. The number of benzene rings is 1. The van der Waals surface area contributed by atoms with Crippen LogP contribution in [0.4, 0.5) is 5.69 Å². The molecular formula is C27H39N5O4. The highest BCUT2D eigenvalue weighted by molar-refractivity contribution is 6.39. The number of anilines is 1. The van der Waals surface area contributed by atoms with Gasteiger partial charge in [0.25, 0.3) is 0 Å². The van der Waals surface area contributed by atoms with Gasteiger partial charge in [-0.1, -0.05) is 19.3 Å². The van der Waals surface area contributed by atoms with Gasteiger partial charge < -0.3 is 24.7 Å². The Morgan fingerprint density at radius 3 is 2.47 bits per heavy atom. The molecule has 9 heteroatoms. The number of nitrogens with one attached hydrogen (secondary N) is 2. The van der Waals surface area contributed by atoms with Crippen LogP contribution in [0.1, 0.15) is 46.0 Å². The van der Waals surface area contributed by atoms with E-state index in [2.05, 4.69) is 25.4 Å². The van der Waals surface area contributed by atoms with Crippen LogP contribution in [0.25, 0.3) is 11.3 Å². The number of piperazine rings is 1.